The molecule has 1 aromatic carbocycles. The van der Waals surface area contributed by atoms with Crippen molar-refractivity contribution in [3.63, 3.8) is 0 Å². The topological polar surface area (TPSA) is 84.2 Å². The second-order valence-electron chi connectivity index (χ2n) is 5.73. The minimum atomic E-state index is -3.43. The molecule has 5 nitrogen and oxygen atoms in total. The first-order valence-corrected chi connectivity index (χ1v) is 7.81. The van der Waals surface area contributed by atoms with E-state index in [1.807, 2.05) is 0 Å². The van der Waals surface area contributed by atoms with Crippen LogP contribution in [0, 0.1) is 11.3 Å². The van der Waals surface area contributed by atoms with Crippen LogP contribution >= 0.6 is 0 Å². The highest BCUT2D eigenvalue weighted by Gasteiger charge is 2.44. The molecular formula is C13H21N3O2S. The molecule has 1 aliphatic carbocycles. The summed E-state index contributed by atoms with van der Waals surface area (Å²) in [5, 5.41) is 3.25. The fraction of sp³-hybridized carbons (Fsp3) is 0.538. The molecule has 19 heavy (non-hydrogen) atoms. The van der Waals surface area contributed by atoms with Crippen LogP contribution in [0.4, 0.5) is 11.4 Å². The Morgan fingerprint density at radius 1 is 1.42 bits per heavy atom. The highest BCUT2D eigenvalue weighted by atomic mass is 32.2. The van der Waals surface area contributed by atoms with Crippen molar-refractivity contribution in [2.24, 2.45) is 11.3 Å². The van der Waals surface area contributed by atoms with Crippen LogP contribution in [0.5, 0.6) is 0 Å². The van der Waals surface area contributed by atoms with Gasteiger partial charge in [-0.1, -0.05) is 13.8 Å². The summed E-state index contributed by atoms with van der Waals surface area (Å²) < 4.78 is 25.8. The van der Waals surface area contributed by atoms with Crippen molar-refractivity contribution in [1.29, 1.82) is 0 Å². The number of nitrogen functional groups attached to an aromatic ring is 1. The van der Waals surface area contributed by atoms with E-state index in [1.54, 1.807) is 12.1 Å². The number of hydrogen-bond acceptors (Lipinski definition) is 4. The Bertz CT molecular complexity index is 582. The van der Waals surface area contributed by atoms with Crippen LogP contribution in [0.1, 0.15) is 20.3 Å². The fourth-order valence-electron chi connectivity index (χ4n) is 2.13. The third kappa shape index (κ3) is 3.01. The normalized spacial score (nSPS) is 21.1. The maximum Gasteiger partial charge on any atom is 0.240 e. The molecule has 0 radical (unpaired) electrons. The molecule has 0 amide bonds. The van der Waals surface area contributed by atoms with Crippen LogP contribution < -0.4 is 15.8 Å². The monoisotopic (exact) mass is 283 g/mol. The first-order chi connectivity index (χ1) is 8.76. The summed E-state index contributed by atoms with van der Waals surface area (Å²) in [7, 11) is -2.03. The molecule has 2 rings (SSSR count). The molecule has 0 bridgehead atoms. The molecule has 1 atom stereocenters. The van der Waals surface area contributed by atoms with Crippen LogP contribution in [0.15, 0.2) is 23.1 Å². The maximum atomic E-state index is 11.7. The van der Waals surface area contributed by atoms with Gasteiger partial charge in [-0.3, -0.25) is 0 Å². The molecule has 0 heterocycles. The van der Waals surface area contributed by atoms with Gasteiger partial charge in [0.05, 0.1) is 16.3 Å². The number of anilines is 2. The Hall–Kier alpha value is -1.27. The van der Waals surface area contributed by atoms with Gasteiger partial charge in [-0.2, -0.15) is 0 Å². The number of benzene rings is 1. The highest BCUT2D eigenvalue weighted by Crippen LogP contribution is 2.51. The van der Waals surface area contributed by atoms with E-state index in [0.29, 0.717) is 22.7 Å². The van der Waals surface area contributed by atoms with Gasteiger partial charge in [-0.25, -0.2) is 13.1 Å². The van der Waals surface area contributed by atoms with E-state index in [1.165, 1.54) is 19.5 Å². The Labute approximate surface area is 114 Å². The Morgan fingerprint density at radius 3 is 2.58 bits per heavy atom. The van der Waals surface area contributed by atoms with Crippen molar-refractivity contribution in [3.05, 3.63) is 18.2 Å². The molecule has 1 fully saturated rings. The smallest absolute Gasteiger partial charge is 0.240 e. The average Bonchev–Trinajstić information content (AvgIpc) is 2.96. The molecule has 1 aliphatic rings. The predicted molar refractivity (Wildman–Crippen MR) is 77.5 cm³/mol. The van der Waals surface area contributed by atoms with E-state index in [4.69, 9.17) is 5.73 Å². The van der Waals surface area contributed by atoms with Gasteiger partial charge in [0.1, 0.15) is 0 Å². The van der Waals surface area contributed by atoms with Crippen molar-refractivity contribution in [3.8, 4) is 0 Å². The van der Waals surface area contributed by atoms with Crippen molar-refractivity contribution < 1.29 is 8.42 Å². The van der Waals surface area contributed by atoms with Crippen LogP contribution in [-0.2, 0) is 10.0 Å². The number of nitrogens with two attached hydrogens (primary N) is 1. The van der Waals surface area contributed by atoms with Crippen LogP contribution in [0.2, 0.25) is 0 Å². The van der Waals surface area contributed by atoms with E-state index in [-0.39, 0.29) is 4.90 Å². The zero-order chi connectivity index (χ0) is 14.3. The van der Waals surface area contributed by atoms with Gasteiger partial charge >= 0.3 is 0 Å². The Kier molecular flexibility index (Phi) is 3.49. The molecule has 1 saturated carbocycles. The first-order valence-electron chi connectivity index (χ1n) is 6.33. The molecule has 1 aromatic rings. The summed E-state index contributed by atoms with van der Waals surface area (Å²) in [4.78, 5) is 0.224. The quantitative estimate of drug-likeness (QED) is 0.717. The van der Waals surface area contributed by atoms with Gasteiger partial charge in [-0.05, 0) is 43.0 Å². The van der Waals surface area contributed by atoms with Crippen molar-refractivity contribution in [2.75, 3.05) is 24.6 Å². The molecule has 0 aromatic heterocycles. The lowest BCUT2D eigenvalue weighted by Gasteiger charge is -2.12. The third-order valence-corrected chi connectivity index (χ3v) is 5.27. The summed E-state index contributed by atoms with van der Waals surface area (Å²) in [5.41, 5.74) is 7.50. The molecule has 6 heteroatoms. The summed E-state index contributed by atoms with van der Waals surface area (Å²) in [6, 6.07) is 4.70. The number of rotatable bonds is 5. The Morgan fingerprint density at radius 2 is 2.05 bits per heavy atom. The van der Waals surface area contributed by atoms with Crippen molar-refractivity contribution in [2.45, 2.75) is 25.2 Å². The van der Waals surface area contributed by atoms with Gasteiger partial charge in [-0.15, -0.1) is 0 Å². The van der Waals surface area contributed by atoms with Crippen LogP contribution in [0.25, 0.3) is 0 Å². The molecule has 1 unspecified atom stereocenters. The van der Waals surface area contributed by atoms with Crippen molar-refractivity contribution >= 4 is 21.4 Å². The summed E-state index contributed by atoms with van der Waals surface area (Å²) >= 11 is 0. The second kappa shape index (κ2) is 4.68. The minimum Gasteiger partial charge on any atom is -0.397 e. The molecule has 106 valence electrons. The lowest BCUT2D eigenvalue weighted by Crippen LogP contribution is -2.19. The number of sulfonamides is 1. The largest absolute Gasteiger partial charge is 0.397 e. The minimum absolute atomic E-state index is 0.224. The maximum absolute atomic E-state index is 11.7. The van der Waals surface area contributed by atoms with E-state index in [0.717, 1.165) is 6.54 Å². The van der Waals surface area contributed by atoms with E-state index >= 15 is 0 Å². The zero-order valence-electron chi connectivity index (χ0n) is 11.5. The average molecular weight is 283 g/mol. The molecular weight excluding hydrogens is 262 g/mol. The summed E-state index contributed by atoms with van der Waals surface area (Å²) in [6.45, 7) is 5.27. The van der Waals surface area contributed by atoms with Gasteiger partial charge in [0.2, 0.25) is 10.0 Å². The highest BCUT2D eigenvalue weighted by molar-refractivity contribution is 7.89. The Balaban J connectivity index is 2.14. The molecule has 0 spiro atoms. The van der Waals surface area contributed by atoms with Crippen LogP contribution in [-0.4, -0.2) is 22.0 Å². The van der Waals surface area contributed by atoms with E-state index in [9.17, 15) is 8.42 Å². The van der Waals surface area contributed by atoms with Gasteiger partial charge < -0.3 is 11.1 Å². The number of hydrogen-bond donors (Lipinski definition) is 3. The third-order valence-electron chi connectivity index (χ3n) is 3.86. The van der Waals surface area contributed by atoms with Gasteiger partial charge in [0.25, 0.3) is 0 Å². The second-order valence-corrected chi connectivity index (χ2v) is 7.61. The lowest BCUT2D eigenvalue weighted by molar-refractivity contribution is 0.573. The molecule has 0 aliphatic heterocycles. The van der Waals surface area contributed by atoms with Gasteiger partial charge in [0, 0.05) is 6.54 Å². The van der Waals surface area contributed by atoms with Crippen LogP contribution in [0.3, 0.4) is 0 Å². The zero-order valence-corrected chi connectivity index (χ0v) is 12.3. The first kappa shape index (κ1) is 14.1. The predicted octanol–water partition coefficient (Wildman–Crippen LogP) is 1.63. The van der Waals surface area contributed by atoms with Crippen molar-refractivity contribution in [1.82, 2.24) is 4.72 Å². The fourth-order valence-corrected chi connectivity index (χ4v) is 2.89. The lowest BCUT2D eigenvalue weighted by atomic mass is 10.1. The van der Waals surface area contributed by atoms with E-state index in [2.05, 4.69) is 23.9 Å². The summed E-state index contributed by atoms with van der Waals surface area (Å²) in [5.74, 6) is 0.622. The SMILES string of the molecule is CNS(=O)(=O)c1ccc(N)c(NCC2CC2(C)C)c1. The molecule has 0 saturated heterocycles. The number of nitrogens with one attached hydrogen (secondary N) is 2. The molecule has 4 N–H and O–H groups in total. The van der Waals surface area contributed by atoms with Gasteiger partial charge in [0.15, 0.2) is 0 Å². The summed E-state index contributed by atoms with van der Waals surface area (Å²) in [6.07, 6.45) is 1.19. The van der Waals surface area contributed by atoms with E-state index < -0.39 is 10.0 Å². The standard InChI is InChI=1S/C13H21N3O2S/c1-13(2)7-9(13)8-16-12-6-10(4-5-11(12)14)19(17,18)15-3/h4-6,9,15-16H,7-8,14H2,1-3H3.